The second-order valence-electron chi connectivity index (χ2n) is 4.34. The highest BCUT2D eigenvalue weighted by atomic mass is 19.4. The lowest BCUT2D eigenvalue weighted by molar-refractivity contribution is -0.137. The average molecular weight is 259 g/mol. The summed E-state index contributed by atoms with van der Waals surface area (Å²) in [5, 5.41) is 0. The molecule has 1 atom stereocenters. The maximum Gasteiger partial charge on any atom is 0.416 e. The Hall–Kier alpha value is -1.07. The molecule has 0 bridgehead atoms. The number of hydrogen-bond acceptors (Lipinski definition) is 2. The van der Waals surface area contributed by atoms with Crippen molar-refractivity contribution < 1.29 is 17.9 Å². The fourth-order valence-electron chi connectivity index (χ4n) is 2.22. The fraction of sp³-hybridized carbons (Fsp3) is 0.538. The summed E-state index contributed by atoms with van der Waals surface area (Å²) in [6.45, 7) is 4.96. The third kappa shape index (κ3) is 2.84. The Morgan fingerprint density at radius 3 is 2.50 bits per heavy atom. The van der Waals surface area contributed by atoms with E-state index in [0.29, 0.717) is 13.2 Å². The lowest BCUT2D eigenvalue weighted by Crippen LogP contribution is -2.39. The highest BCUT2D eigenvalue weighted by Crippen LogP contribution is 2.31. The molecule has 18 heavy (non-hydrogen) atoms. The van der Waals surface area contributed by atoms with Crippen molar-refractivity contribution in [1.82, 2.24) is 4.90 Å². The zero-order chi connectivity index (χ0) is 13.2. The molecule has 1 fully saturated rings. The molecule has 0 aliphatic carbocycles. The number of morpholine rings is 1. The molecule has 1 aliphatic rings. The van der Waals surface area contributed by atoms with Gasteiger partial charge in [-0.15, -0.1) is 0 Å². The number of rotatable bonds is 2. The van der Waals surface area contributed by atoms with E-state index in [9.17, 15) is 13.2 Å². The third-order valence-electron chi connectivity index (χ3n) is 3.27. The highest BCUT2D eigenvalue weighted by Gasteiger charge is 2.31. The van der Waals surface area contributed by atoms with Gasteiger partial charge in [0.15, 0.2) is 0 Å². The first-order chi connectivity index (χ1) is 8.52. The van der Waals surface area contributed by atoms with E-state index in [1.165, 1.54) is 0 Å². The van der Waals surface area contributed by atoms with Crippen LogP contribution in [0, 0.1) is 0 Å². The Bertz CT molecular complexity index is 388. The van der Waals surface area contributed by atoms with Gasteiger partial charge in [-0.2, -0.15) is 13.2 Å². The summed E-state index contributed by atoms with van der Waals surface area (Å²) in [5.41, 5.74) is 0.274. The van der Waals surface area contributed by atoms with Crippen molar-refractivity contribution in [1.29, 1.82) is 0 Å². The molecule has 1 aromatic rings. The fourth-order valence-corrected chi connectivity index (χ4v) is 2.22. The number of hydrogen-bond donors (Lipinski definition) is 0. The smallest absolute Gasteiger partial charge is 0.378 e. The molecule has 0 saturated carbocycles. The zero-order valence-electron chi connectivity index (χ0n) is 10.2. The van der Waals surface area contributed by atoms with Crippen LogP contribution in [0.2, 0.25) is 0 Å². The second kappa shape index (κ2) is 5.28. The molecule has 100 valence electrons. The molecule has 2 nitrogen and oxygen atoms in total. The Morgan fingerprint density at radius 1 is 1.28 bits per heavy atom. The van der Waals surface area contributed by atoms with Crippen LogP contribution in [-0.4, -0.2) is 31.2 Å². The van der Waals surface area contributed by atoms with Crippen molar-refractivity contribution in [3.63, 3.8) is 0 Å². The first-order valence-corrected chi connectivity index (χ1v) is 6.01. The molecule has 0 aromatic heterocycles. The van der Waals surface area contributed by atoms with Gasteiger partial charge in [0.2, 0.25) is 0 Å². The van der Waals surface area contributed by atoms with Gasteiger partial charge in [-0.3, -0.25) is 4.90 Å². The molecular weight excluding hydrogens is 243 g/mol. The summed E-state index contributed by atoms with van der Waals surface area (Å²) in [6, 6.07) is 5.43. The average Bonchev–Trinajstić information content (AvgIpc) is 2.38. The summed E-state index contributed by atoms with van der Waals surface area (Å²) in [6.07, 6.45) is -4.27. The van der Waals surface area contributed by atoms with Crippen LogP contribution in [0.3, 0.4) is 0 Å². The predicted octanol–water partition coefficient (Wildman–Crippen LogP) is 3.10. The number of alkyl halides is 3. The number of likely N-dealkylation sites (N-methyl/N-ethyl adjacent to an activating group) is 1. The summed E-state index contributed by atoms with van der Waals surface area (Å²) < 4.78 is 42.8. The van der Waals surface area contributed by atoms with Gasteiger partial charge < -0.3 is 4.74 Å². The van der Waals surface area contributed by atoms with Crippen molar-refractivity contribution in [3.05, 3.63) is 35.4 Å². The zero-order valence-corrected chi connectivity index (χ0v) is 10.2. The van der Waals surface area contributed by atoms with Crippen LogP contribution in [-0.2, 0) is 10.9 Å². The van der Waals surface area contributed by atoms with Crippen LogP contribution in [0.1, 0.15) is 24.1 Å². The van der Waals surface area contributed by atoms with E-state index in [1.807, 2.05) is 6.92 Å². The van der Waals surface area contributed by atoms with Gasteiger partial charge in [-0.05, 0) is 24.2 Å². The molecule has 1 heterocycles. The first kappa shape index (κ1) is 13.4. The molecule has 0 unspecified atom stereocenters. The summed E-state index contributed by atoms with van der Waals surface area (Å²) in [4.78, 5) is 2.21. The van der Waals surface area contributed by atoms with Crippen LogP contribution < -0.4 is 0 Å². The summed E-state index contributed by atoms with van der Waals surface area (Å²) in [7, 11) is 0. The SMILES string of the molecule is CCN1CCOC[C@@H]1c1ccc(C(F)(F)F)cc1. The van der Waals surface area contributed by atoms with Crippen LogP contribution in [0.15, 0.2) is 24.3 Å². The Balaban J connectivity index is 2.18. The Labute approximate surface area is 104 Å². The standard InChI is InChI=1S/C13H16F3NO/c1-2-17-7-8-18-9-12(17)10-3-5-11(6-4-10)13(14,15)16/h3-6,12H,2,7-9H2,1H3/t12-/m1/s1. The number of ether oxygens (including phenoxy) is 1. The van der Waals surface area contributed by atoms with Crippen molar-refractivity contribution in [2.75, 3.05) is 26.3 Å². The van der Waals surface area contributed by atoms with Crippen LogP contribution in [0.5, 0.6) is 0 Å². The van der Waals surface area contributed by atoms with E-state index in [-0.39, 0.29) is 6.04 Å². The third-order valence-corrected chi connectivity index (χ3v) is 3.27. The van der Waals surface area contributed by atoms with Gasteiger partial charge in [-0.25, -0.2) is 0 Å². The minimum absolute atomic E-state index is 0.0611. The van der Waals surface area contributed by atoms with Gasteiger partial charge in [0.05, 0.1) is 24.8 Å². The van der Waals surface area contributed by atoms with E-state index < -0.39 is 11.7 Å². The number of benzene rings is 1. The van der Waals surface area contributed by atoms with Crippen molar-refractivity contribution in [3.8, 4) is 0 Å². The van der Waals surface area contributed by atoms with E-state index in [0.717, 1.165) is 30.8 Å². The minimum Gasteiger partial charge on any atom is -0.378 e. The topological polar surface area (TPSA) is 12.5 Å². The van der Waals surface area contributed by atoms with Crippen LogP contribution >= 0.6 is 0 Å². The quantitative estimate of drug-likeness (QED) is 0.809. The molecule has 0 amide bonds. The molecule has 0 spiro atoms. The van der Waals surface area contributed by atoms with Crippen LogP contribution in [0.25, 0.3) is 0 Å². The Kier molecular flexibility index (Phi) is 3.92. The van der Waals surface area contributed by atoms with Crippen molar-refractivity contribution in [2.24, 2.45) is 0 Å². The maximum absolute atomic E-state index is 12.5. The molecule has 1 saturated heterocycles. The van der Waals surface area contributed by atoms with Gasteiger partial charge in [-0.1, -0.05) is 19.1 Å². The summed E-state index contributed by atoms with van der Waals surface area (Å²) in [5.74, 6) is 0. The normalized spacial score (nSPS) is 22.1. The molecular formula is C13H16F3NO. The Morgan fingerprint density at radius 2 is 1.94 bits per heavy atom. The molecule has 5 heteroatoms. The van der Waals surface area contributed by atoms with E-state index in [2.05, 4.69) is 4.90 Å². The first-order valence-electron chi connectivity index (χ1n) is 6.01. The van der Waals surface area contributed by atoms with E-state index in [4.69, 9.17) is 4.74 Å². The van der Waals surface area contributed by atoms with Gasteiger partial charge in [0.1, 0.15) is 0 Å². The van der Waals surface area contributed by atoms with Gasteiger partial charge >= 0.3 is 6.18 Å². The molecule has 0 radical (unpaired) electrons. The predicted molar refractivity (Wildman–Crippen MR) is 62.3 cm³/mol. The largest absolute Gasteiger partial charge is 0.416 e. The molecule has 1 aliphatic heterocycles. The van der Waals surface area contributed by atoms with E-state index in [1.54, 1.807) is 12.1 Å². The summed E-state index contributed by atoms with van der Waals surface area (Å²) >= 11 is 0. The van der Waals surface area contributed by atoms with Gasteiger partial charge in [0, 0.05) is 6.54 Å². The molecule has 0 N–H and O–H groups in total. The van der Waals surface area contributed by atoms with Crippen molar-refractivity contribution in [2.45, 2.75) is 19.1 Å². The lowest BCUT2D eigenvalue weighted by atomic mass is 10.0. The van der Waals surface area contributed by atoms with E-state index >= 15 is 0 Å². The minimum atomic E-state index is -4.27. The molecule has 2 rings (SSSR count). The van der Waals surface area contributed by atoms with Crippen LogP contribution in [0.4, 0.5) is 13.2 Å². The second-order valence-corrected chi connectivity index (χ2v) is 4.34. The lowest BCUT2D eigenvalue weighted by Gasteiger charge is -2.35. The number of halogens is 3. The maximum atomic E-state index is 12.5. The van der Waals surface area contributed by atoms with Gasteiger partial charge in [0.25, 0.3) is 0 Å². The molecule has 1 aromatic carbocycles. The highest BCUT2D eigenvalue weighted by molar-refractivity contribution is 5.27. The van der Waals surface area contributed by atoms with Crippen molar-refractivity contribution >= 4 is 0 Å². The monoisotopic (exact) mass is 259 g/mol. The number of nitrogens with zero attached hydrogens (tertiary/aromatic N) is 1.